The Bertz CT molecular complexity index is 1230. The van der Waals surface area contributed by atoms with Crippen molar-refractivity contribution < 1.29 is 44.3 Å². The van der Waals surface area contributed by atoms with Crippen molar-refractivity contribution in [2.24, 2.45) is 5.92 Å². The van der Waals surface area contributed by atoms with Crippen LogP contribution in [-0.2, 0) is 11.2 Å². The maximum absolute atomic E-state index is 13.6. The Hall–Kier alpha value is -3.11. The van der Waals surface area contributed by atoms with Crippen molar-refractivity contribution in [1.29, 1.82) is 0 Å². The Labute approximate surface area is 194 Å². The number of benzene rings is 2. The Morgan fingerprint density at radius 1 is 0.882 bits per heavy atom. The number of aliphatic hydroxyl groups is 3. The van der Waals surface area contributed by atoms with Gasteiger partial charge >= 0.3 is 0 Å². The number of fused-ring (bicyclic) bond motifs is 4. The lowest BCUT2D eigenvalue weighted by molar-refractivity contribution is -0.268. The number of rotatable bonds is 2. The van der Waals surface area contributed by atoms with Gasteiger partial charge in [0.2, 0.25) is 12.1 Å². The van der Waals surface area contributed by atoms with Crippen LogP contribution in [-0.4, -0.2) is 68.5 Å². The monoisotopic (exact) mass is 468 g/mol. The standard InChI is InChI=1S/C25H24O9/c1-9-6-11-8-14(27)18-19(16(11)13(26)7-9)21(29)12-4-3-5-15(17(12)22(18)30)34-25-24(32)23(31)20(28)10(2)33-25/h3-5,8-10,20,23-25,27-28,31-32H,6-7H2,1-2H3/t9-,10-,20-,23+,24+,25-/m0/s1. The summed E-state index contributed by atoms with van der Waals surface area (Å²) in [7, 11) is 0. The van der Waals surface area contributed by atoms with Crippen LogP contribution in [0.15, 0.2) is 24.3 Å². The van der Waals surface area contributed by atoms with Crippen LogP contribution in [0.2, 0.25) is 0 Å². The van der Waals surface area contributed by atoms with E-state index >= 15 is 0 Å². The van der Waals surface area contributed by atoms with Gasteiger partial charge in [-0.1, -0.05) is 19.1 Å². The molecule has 0 saturated carbocycles. The molecule has 2 aromatic carbocycles. The summed E-state index contributed by atoms with van der Waals surface area (Å²) in [5, 5.41) is 41.0. The number of ether oxygens (including phenoxy) is 2. The number of Topliss-reactive ketones (excluding diaryl/α,β-unsaturated/α-hetero) is 1. The van der Waals surface area contributed by atoms with Crippen molar-refractivity contribution in [3.8, 4) is 11.5 Å². The molecule has 0 aromatic heterocycles. The van der Waals surface area contributed by atoms with Gasteiger partial charge in [-0.05, 0) is 37.0 Å². The normalized spacial score (nSPS) is 30.4. The number of hydrogen-bond donors (Lipinski definition) is 4. The van der Waals surface area contributed by atoms with Gasteiger partial charge in [0, 0.05) is 23.1 Å². The first-order valence-corrected chi connectivity index (χ1v) is 11.1. The summed E-state index contributed by atoms with van der Waals surface area (Å²) in [5.74, 6) is -1.97. The summed E-state index contributed by atoms with van der Waals surface area (Å²) in [5.41, 5.74) is 0.214. The van der Waals surface area contributed by atoms with Crippen molar-refractivity contribution in [3.63, 3.8) is 0 Å². The molecule has 0 spiro atoms. The summed E-state index contributed by atoms with van der Waals surface area (Å²) in [4.78, 5) is 39.9. The van der Waals surface area contributed by atoms with Crippen molar-refractivity contribution in [2.75, 3.05) is 0 Å². The van der Waals surface area contributed by atoms with Crippen molar-refractivity contribution in [3.05, 3.63) is 57.6 Å². The fraction of sp³-hybridized carbons (Fsp3) is 0.400. The Balaban J connectivity index is 1.60. The highest BCUT2D eigenvalue weighted by molar-refractivity contribution is 6.32. The molecule has 178 valence electrons. The van der Waals surface area contributed by atoms with E-state index in [1.165, 1.54) is 31.2 Å². The summed E-state index contributed by atoms with van der Waals surface area (Å²) in [6, 6.07) is 5.68. The second kappa shape index (κ2) is 7.99. The lowest BCUT2D eigenvalue weighted by Crippen LogP contribution is -2.58. The van der Waals surface area contributed by atoms with E-state index < -0.39 is 48.0 Å². The molecular weight excluding hydrogens is 444 g/mol. The lowest BCUT2D eigenvalue weighted by atomic mass is 9.74. The van der Waals surface area contributed by atoms with E-state index in [1.54, 1.807) is 0 Å². The number of carbonyl (C=O) groups is 3. The predicted octanol–water partition coefficient (Wildman–Crippen LogP) is 1.14. The quantitative estimate of drug-likeness (QED) is 0.434. The molecule has 0 radical (unpaired) electrons. The Morgan fingerprint density at radius 2 is 1.62 bits per heavy atom. The molecule has 1 aliphatic heterocycles. The zero-order chi connectivity index (χ0) is 24.5. The van der Waals surface area contributed by atoms with Crippen LogP contribution in [0, 0.1) is 5.92 Å². The van der Waals surface area contributed by atoms with Crippen molar-refractivity contribution >= 4 is 17.3 Å². The van der Waals surface area contributed by atoms with Gasteiger partial charge in [-0.3, -0.25) is 14.4 Å². The molecular formula is C25H24O9. The molecule has 2 aromatic rings. The third-order valence-corrected chi connectivity index (χ3v) is 6.77. The molecule has 5 rings (SSSR count). The number of aromatic hydroxyl groups is 1. The van der Waals surface area contributed by atoms with Gasteiger partial charge in [0.05, 0.1) is 17.2 Å². The number of aliphatic hydroxyl groups excluding tert-OH is 3. The molecule has 3 aliphatic rings. The van der Waals surface area contributed by atoms with E-state index in [0.29, 0.717) is 12.0 Å². The fourth-order valence-electron chi connectivity index (χ4n) is 5.07. The molecule has 9 heteroatoms. The topological polar surface area (TPSA) is 151 Å². The molecule has 6 atom stereocenters. The second-order valence-electron chi connectivity index (χ2n) is 9.25. The number of ketones is 3. The summed E-state index contributed by atoms with van der Waals surface area (Å²) < 4.78 is 11.2. The first-order valence-electron chi connectivity index (χ1n) is 11.1. The van der Waals surface area contributed by atoms with Gasteiger partial charge in [-0.25, -0.2) is 0 Å². The van der Waals surface area contributed by atoms with Crippen LogP contribution in [0.4, 0.5) is 0 Å². The molecule has 9 nitrogen and oxygen atoms in total. The minimum absolute atomic E-state index is 0.00634. The third kappa shape index (κ3) is 3.27. The maximum Gasteiger partial charge on any atom is 0.229 e. The summed E-state index contributed by atoms with van der Waals surface area (Å²) in [6.07, 6.45) is -6.06. The van der Waals surface area contributed by atoms with Gasteiger partial charge in [0.1, 0.15) is 29.8 Å². The van der Waals surface area contributed by atoms with Crippen LogP contribution >= 0.6 is 0 Å². The molecule has 0 bridgehead atoms. The van der Waals surface area contributed by atoms with Gasteiger partial charge < -0.3 is 29.9 Å². The molecule has 0 unspecified atom stereocenters. The van der Waals surface area contributed by atoms with E-state index in [2.05, 4.69) is 0 Å². The average molecular weight is 468 g/mol. The van der Waals surface area contributed by atoms with Crippen LogP contribution < -0.4 is 4.74 Å². The zero-order valence-electron chi connectivity index (χ0n) is 18.5. The highest BCUT2D eigenvalue weighted by Crippen LogP contribution is 2.42. The average Bonchev–Trinajstić information content (AvgIpc) is 2.78. The first kappa shape index (κ1) is 22.7. The minimum atomic E-state index is -1.62. The summed E-state index contributed by atoms with van der Waals surface area (Å²) in [6.45, 7) is 3.39. The van der Waals surface area contributed by atoms with Gasteiger partial charge in [-0.15, -0.1) is 0 Å². The number of phenolic OH excluding ortho intramolecular Hbond substituents is 1. The van der Waals surface area contributed by atoms with Gasteiger partial charge in [0.25, 0.3) is 0 Å². The lowest BCUT2D eigenvalue weighted by Gasteiger charge is -2.39. The van der Waals surface area contributed by atoms with Gasteiger partial charge in [0.15, 0.2) is 11.6 Å². The Morgan fingerprint density at radius 3 is 2.35 bits per heavy atom. The van der Waals surface area contributed by atoms with Crippen LogP contribution in [0.3, 0.4) is 0 Å². The maximum atomic E-state index is 13.6. The molecule has 0 amide bonds. The van der Waals surface area contributed by atoms with E-state index in [-0.39, 0.29) is 51.7 Å². The number of phenols is 1. The van der Waals surface area contributed by atoms with E-state index in [0.717, 1.165) is 0 Å². The third-order valence-electron chi connectivity index (χ3n) is 6.77. The summed E-state index contributed by atoms with van der Waals surface area (Å²) >= 11 is 0. The molecule has 1 heterocycles. The van der Waals surface area contributed by atoms with E-state index in [1.807, 2.05) is 6.92 Å². The highest BCUT2D eigenvalue weighted by Gasteiger charge is 2.45. The van der Waals surface area contributed by atoms with Crippen LogP contribution in [0.1, 0.15) is 68.0 Å². The largest absolute Gasteiger partial charge is 0.507 e. The Kier molecular flexibility index (Phi) is 5.33. The van der Waals surface area contributed by atoms with E-state index in [4.69, 9.17) is 9.47 Å². The van der Waals surface area contributed by atoms with Crippen LogP contribution in [0.5, 0.6) is 11.5 Å². The molecule has 4 N–H and O–H groups in total. The molecule has 34 heavy (non-hydrogen) atoms. The smallest absolute Gasteiger partial charge is 0.229 e. The van der Waals surface area contributed by atoms with Crippen molar-refractivity contribution in [2.45, 2.75) is 57.4 Å². The number of carbonyl (C=O) groups excluding carboxylic acids is 3. The minimum Gasteiger partial charge on any atom is -0.507 e. The predicted molar refractivity (Wildman–Crippen MR) is 116 cm³/mol. The fourth-order valence-corrected chi connectivity index (χ4v) is 5.07. The highest BCUT2D eigenvalue weighted by atomic mass is 16.7. The molecule has 1 fully saturated rings. The molecule has 2 aliphatic carbocycles. The SMILES string of the molecule is C[C@@H]1CC(=O)c2c(cc(O)c3c2C(=O)c2cccc(O[C@@H]4O[C@@H](C)[C@H](O)[C@@H](O)[C@H]4O)c2C3=O)C1. The molecule has 1 saturated heterocycles. The van der Waals surface area contributed by atoms with E-state index in [9.17, 15) is 34.8 Å². The van der Waals surface area contributed by atoms with Crippen molar-refractivity contribution in [1.82, 2.24) is 0 Å². The zero-order valence-corrected chi connectivity index (χ0v) is 18.5. The second-order valence-corrected chi connectivity index (χ2v) is 9.25. The number of hydrogen-bond acceptors (Lipinski definition) is 9. The van der Waals surface area contributed by atoms with Crippen LogP contribution in [0.25, 0.3) is 0 Å². The van der Waals surface area contributed by atoms with Gasteiger partial charge in [-0.2, -0.15) is 0 Å². The first-order chi connectivity index (χ1) is 16.1.